The third kappa shape index (κ3) is 5.64. The number of thiazole rings is 1. The van der Waals surface area contributed by atoms with Crippen LogP contribution in [0.15, 0.2) is 93.9 Å². The lowest BCUT2D eigenvalue weighted by molar-refractivity contribution is -0.143. The van der Waals surface area contributed by atoms with Crippen molar-refractivity contribution in [1.29, 1.82) is 0 Å². The molecule has 0 saturated carbocycles. The molecule has 9 heteroatoms. The first-order valence-corrected chi connectivity index (χ1v) is 13.9. The first-order chi connectivity index (χ1) is 19.2. The molecule has 0 spiro atoms. The molecule has 0 radical (unpaired) electrons. The highest BCUT2D eigenvalue weighted by atomic mass is 35.5. The summed E-state index contributed by atoms with van der Waals surface area (Å²) in [5, 5.41) is 0.186. The number of carbonyl (C=O) groups excluding carboxylic acids is 1. The number of nitrogens with zero attached hydrogens (tertiary/aromatic N) is 2. The normalized spacial score (nSPS) is 15.2. The monoisotopic (exact) mass is 576 g/mol. The second-order valence-electron chi connectivity index (χ2n) is 9.51. The highest BCUT2D eigenvalue weighted by molar-refractivity contribution is 7.07. The number of halogens is 2. The van der Waals surface area contributed by atoms with Crippen molar-refractivity contribution in [3.8, 4) is 5.75 Å². The van der Waals surface area contributed by atoms with Crippen molar-refractivity contribution in [2.45, 2.75) is 39.5 Å². The smallest absolute Gasteiger partial charge is 0.338 e. The van der Waals surface area contributed by atoms with Gasteiger partial charge in [0.15, 0.2) is 4.80 Å². The van der Waals surface area contributed by atoms with Crippen LogP contribution in [0.5, 0.6) is 5.75 Å². The average Bonchev–Trinajstić information content (AvgIpc) is 3.23. The minimum atomic E-state index is -0.802. The summed E-state index contributed by atoms with van der Waals surface area (Å²) < 4.78 is 27.7. The molecule has 0 fully saturated rings. The van der Waals surface area contributed by atoms with Crippen LogP contribution in [-0.2, 0) is 16.1 Å². The van der Waals surface area contributed by atoms with E-state index in [1.807, 2.05) is 42.5 Å². The standard InChI is InChI=1S/C31H26ClFN2O4S/c1-18(2)39-30(37)27-19(3)34-31-35(29(36)26(40-31)16-23-24(32)10-7-11-25(23)33)28(27)21-12-14-22(15-13-21)38-17-20-8-5-4-6-9-20/h4-16,18,28H,17H2,1-3H3/b26-16-. The summed E-state index contributed by atoms with van der Waals surface area (Å²) in [7, 11) is 0. The zero-order valence-corrected chi connectivity index (χ0v) is 23.6. The van der Waals surface area contributed by atoms with Crippen LogP contribution in [0, 0.1) is 5.82 Å². The van der Waals surface area contributed by atoms with Gasteiger partial charge in [0, 0.05) is 5.56 Å². The Labute approximate surface area is 239 Å². The van der Waals surface area contributed by atoms with Crippen LogP contribution in [0.4, 0.5) is 4.39 Å². The van der Waals surface area contributed by atoms with Gasteiger partial charge in [-0.15, -0.1) is 0 Å². The molecule has 1 aliphatic rings. The number of hydrogen-bond acceptors (Lipinski definition) is 6. The molecule has 1 aromatic heterocycles. The topological polar surface area (TPSA) is 69.9 Å². The Kier molecular flexibility index (Phi) is 8.00. The van der Waals surface area contributed by atoms with Gasteiger partial charge in [0.05, 0.1) is 33.0 Å². The number of rotatable bonds is 7. The molecule has 0 saturated heterocycles. The largest absolute Gasteiger partial charge is 0.489 e. The predicted molar refractivity (Wildman–Crippen MR) is 154 cm³/mol. The Balaban J connectivity index is 1.59. The molecule has 0 N–H and O–H groups in total. The summed E-state index contributed by atoms with van der Waals surface area (Å²) in [6, 6.07) is 20.6. The lowest BCUT2D eigenvalue weighted by Crippen LogP contribution is -2.40. The minimum Gasteiger partial charge on any atom is -0.489 e. The van der Waals surface area contributed by atoms with Gasteiger partial charge in [-0.1, -0.05) is 71.5 Å². The summed E-state index contributed by atoms with van der Waals surface area (Å²) in [5.74, 6) is -0.461. The van der Waals surface area contributed by atoms with Crippen molar-refractivity contribution >= 4 is 35.0 Å². The lowest BCUT2D eigenvalue weighted by Gasteiger charge is -2.25. The Hall–Kier alpha value is -4.01. The van der Waals surface area contributed by atoms with Gasteiger partial charge in [0.25, 0.3) is 5.56 Å². The average molecular weight is 577 g/mol. The number of ether oxygens (including phenoxy) is 2. The van der Waals surface area contributed by atoms with E-state index in [0.717, 1.165) is 16.9 Å². The maximum atomic E-state index is 14.5. The highest BCUT2D eigenvalue weighted by Crippen LogP contribution is 2.32. The Morgan fingerprint density at radius 1 is 1.10 bits per heavy atom. The van der Waals surface area contributed by atoms with Crippen LogP contribution in [-0.4, -0.2) is 16.6 Å². The van der Waals surface area contributed by atoms with Crippen molar-refractivity contribution in [3.63, 3.8) is 0 Å². The molecule has 2 heterocycles. The lowest BCUT2D eigenvalue weighted by atomic mass is 9.96. The van der Waals surface area contributed by atoms with Crippen molar-refractivity contribution in [1.82, 2.24) is 4.57 Å². The quantitative estimate of drug-likeness (QED) is 0.270. The van der Waals surface area contributed by atoms with Gasteiger partial charge in [0.1, 0.15) is 18.2 Å². The van der Waals surface area contributed by atoms with Crippen LogP contribution in [0.2, 0.25) is 5.02 Å². The summed E-state index contributed by atoms with van der Waals surface area (Å²) in [5.41, 5.74) is 2.10. The van der Waals surface area contributed by atoms with Crippen LogP contribution in [0.3, 0.4) is 0 Å². The van der Waals surface area contributed by atoms with Gasteiger partial charge in [-0.05, 0) is 62.2 Å². The Morgan fingerprint density at radius 2 is 1.82 bits per heavy atom. The van der Waals surface area contributed by atoms with Crippen LogP contribution < -0.4 is 19.6 Å². The van der Waals surface area contributed by atoms with Crippen LogP contribution in [0.1, 0.15) is 43.5 Å². The van der Waals surface area contributed by atoms with Crippen molar-refractivity contribution in [3.05, 3.63) is 131 Å². The third-order valence-corrected chi connectivity index (χ3v) is 7.62. The van der Waals surface area contributed by atoms with E-state index < -0.39 is 23.4 Å². The molecular formula is C31H26ClFN2O4S. The Bertz CT molecular complexity index is 1760. The molecule has 0 aliphatic carbocycles. The fourth-order valence-corrected chi connectivity index (χ4v) is 5.69. The number of allylic oxidation sites excluding steroid dienone is 1. The van der Waals surface area contributed by atoms with Gasteiger partial charge in [-0.2, -0.15) is 0 Å². The second kappa shape index (κ2) is 11.6. The van der Waals surface area contributed by atoms with E-state index in [9.17, 15) is 14.0 Å². The molecule has 0 amide bonds. The summed E-state index contributed by atoms with van der Waals surface area (Å²) in [6.45, 7) is 5.63. The molecule has 204 valence electrons. The van der Waals surface area contributed by atoms with Crippen molar-refractivity contribution in [2.24, 2.45) is 4.99 Å². The number of fused-ring (bicyclic) bond motifs is 1. The van der Waals surface area contributed by atoms with Crippen molar-refractivity contribution in [2.75, 3.05) is 0 Å². The van der Waals surface area contributed by atoms with Gasteiger partial charge < -0.3 is 9.47 Å². The van der Waals surface area contributed by atoms with E-state index >= 15 is 0 Å². The molecule has 4 aromatic rings. The zero-order chi connectivity index (χ0) is 28.4. The summed E-state index contributed by atoms with van der Waals surface area (Å²) in [6.07, 6.45) is 1.06. The second-order valence-corrected chi connectivity index (χ2v) is 10.9. The molecule has 6 nitrogen and oxygen atoms in total. The van der Waals surface area contributed by atoms with E-state index in [-0.39, 0.29) is 26.8 Å². The minimum absolute atomic E-state index is 0.112. The number of carbonyl (C=O) groups is 1. The van der Waals surface area contributed by atoms with E-state index in [2.05, 4.69) is 4.99 Å². The maximum absolute atomic E-state index is 14.5. The van der Waals surface area contributed by atoms with E-state index in [4.69, 9.17) is 21.1 Å². The SMILES string of the molecule is CC1=C(C(=O)OC(C)C)C(c2ccc(OCc3ccccc3)cc2)n2c(s/c(=C\c3c(F)cccc3Cl)c2=O)=N1. The number of aromatic nitrogens is 1. The van der Waals surface area contributed by atoms with E-state index in [1.165, 1.54) is 22.8 Å². The molecular weight excluding hydrogens is 551 g/mol. The predicted octanol–water partition coefficient (Wildman–Crippen LogP) is 5.56. The van der Waals surface area contributed by atoms with Gasteiger partial charge in [-0.25, -0.2) is 14.2 Å². The van der Waals surface area contributed by atoms with Gasteiger partial charge in [0.2, 0.25) is 0 Å². The Morgan fingerprint density at radius 3 is 2.50 bits per heavy atom. The fraction of sp³-hybridized carbons (Fsp3) is 0.194. The fourth-order valence-electron chi connectivity index (χ4n) is 4.44. The molecule has 0 bridgehead atoms. The molecule has 1 unspecified atom stereocenters. The number of hydrogen-bond donors (Lipinski definition) is 0. The highest BCUT2D eigenvalue weighted by Gasteiger charge is 2.33. The van der Waals surface area contributed by atoms with Crippen LogP contribution in [0.25, 0.3) is 6.08 Å². The molecule has 1 atom stereocenters. The zero-order valence-electron chi connectivity index (χ0n) is 22.1. The molecule has 40 heavy (non-hydrogen) atoms. The first kappa shape index (κ1) is 27.6. The van der Waals surface area contributed by atoms with Gasteiger partial charge >= 0.3 is 5.97 Å². The maximum Gasteiger partial charge on any atom is 0.338 e. The van der Waals surface area contributed by atoms with Crippen molar-refractivity contribution < 1.29 is 18.7 Å². The number of benzene rings is 3. The van der Waals surface area contributed by atoms with E-state index in [1.54, 1.807) is 39.0 Å². The summed E-state index contributed by atoms with van der Waals surface area (Å²) in [4.78, 5) is 32.0. The van der Waals surface area contributed by atoms with Gasteiger partial charge in [-0.3, -0.25) is 9.36 Å². The molecule has 5 rings (SSSR count). The third-order valence-electron chi connectivity index (χ3n) is 6.30. The molecule has 1 aliphatic heterocycles. The van der Waals surface area contributed by atoms with E-state index in [0.29, 0.717) is 28.4 Å². The summed E-state index contributed by atoms with van der Waals surface area (Å²) >= 11 is 7.32. The van der Waals surface area contributed by atoms with Crippen LogP contribution >= 0.6 is 22.9 Å². The first-order valence-electron chi connectivity index (χ1n) is 12.7. The number of esters is 1. The molecule has 3 aromatic carbocycles.